The maximum atomic E-state index is 15.5. The lowest BCUT2D eigenvalue weighted by Crippen LogP contribution is -2.63. The summed E-state index contributed by atoms with van der Waals surface area (Å²) in [7, 11) is 9.41. The summed E-state index contributed by atoms with van der Waals surface area (Å²) in [6, 6.07) is 12.9. The normalized spacial score (nSPS) is 24.9. The number of alkyl carbamates (subject to hydrolysis) is 1. The number of aromatic nitrogens is 1. The number of ether oxygens (including phenoxy) is 5. The van der Waals surface area contributed by atoms with Crippen LogP contribution in [0.1, 0.15) is 120 Å². The molecule has 4 bridgehead atoms. The van der Waals surface area contributed by atoms with E-state index in [4.69, 9.17) is 46.8 Å². The molecule has 4 aliphatic heterocycles. The van der Waals surface area contributed by atoms with E-state index < -0.39 is 214 Å². The van der Waals surface area contributed by atoms with Gasteiger partial charge in [0.2, 0.25) is 59.1 Å². The zero-order valence-electron chi connectivity index (χ0n) is 77.9. The molecule has 5 aromatic carbocycles. The second-order valence-electron chi connectivity index (χ2n) is 35.1. The first kappa shape index (κ1) is 109. The molecule has 6 aromatic rings. The number of aromatic amines is 1. The highest BCUT2D eigenvalue weighted by Gasteiger charge is 2.65. The lowest BCUT2D eigenvalue weighted by molar-refractivity contribution is -0.162. The van der Waals surface area contributed by atoms with Gasteiger partial charge in [0.1, 0.15) is 94.8 Å². The van der Waals surface area contributed by atoms with E-state index in [0.29, 0.717) is 46.0 Å². The van der Waals surface area contributed by atoms with Crippen molar-refractivity contribution in [2.24, 2.45) is 17.4 Å². The summed E-state index contributed by atoms with van der Waals surface area (Å²) >= 11 is 6.92. The van der Waals surface area contributed by atoms with Crippen LogP contribution in [0.5, 0.6) is 11.5 Å². The quantitative estimate of drug-likeness (QED) is 0.00971. The van der Waals surface area contributed by atoms with Crippen molar-refractivity contribution in [2.75, 3.05) is 57.0 Å². The topological polar surface area (TPSA) is 527 Å². The minimum absolute atomic E-state index is 0.00229. The molecule has 138 heavy (non-hydrogen) atoms. The van der Waals surface area contributed by atoms with Crippen LogP contribution < -0.4 is 74.3 Å². The lowest BCUT2D eigenvalue weighted by Gasteiger charge is -2.42. The first-order chi connectivity index (χ1) is 65.3. The number of nitrogens with two attached hydrogens (primary N) is 2. The number of benzene rings is 5. The van der Waals surface area contributed by atoms with Crippen molar-refractivity contribution < 1.29 is 115 Å². The predicted molar refractivity (Wildman–Crippen MR) is 516 cm³/mol. The van der Waals surface area contributed by atoms with Gasteiger partial charge in [0.05, 0.1) is 37.0 Å². The number of fused-ring (bicyclic) bond motifs is 6. The molecule has 4 aliphatic rings. The van der Waals surface area contributed by atoms with Gasteiger partial charge in [-0.05, 0) is 144 Å². The number of methoxy groups -OCH3 is 2. The monoisotopic (exact) mass is 2010 g/mol. The number of nitrogens with zero attached hydrogens (tertiary/aromatic N) is 2. The Morgan fingerprint density at radius 3 is 2.13 bits per heavy atom. The number of para-hydroxylation sites is 1. The summed E-state index contributed by atoms with van der Waals surface area (Å²) in [6.07, 6.45) is -5.97. The van der Waals surface area contributed by atoms with Gasteiger partial charge in [0.25, 0.3) is 0 Å². The van der Waals surface area contributed by atoms with E-state index in [1.807, 2.05) is 6.92 Å². The maximum absolute atomic E-state index is 15.5. The molecule has 0 unspecified atom stereocenters. The minimum Gasteiger partial charge on any atom is -0.508 e. The van der Waals surface area contributed by atoms with Crippen molar-refractivity contribution >= 4 is 149 Å². The molecule has 1 aromatic heterocycles. The van der Waals surface area contributed by atoms with Crippen molar-refractivity contribution in [1.29, 1.82) is 0 Å². The molecule has 17 atom stereocenters. The first-order valence-electron chi connectivity index (χ1n) is 44.6. The molecule has 18 N–H and O–H groups in total. The van der Waals surface area contributed by atoms with Crippen LogP contribution in [0.15, 0.2) is 145 Å². The van der Waals surface area contributed by atoms with Gasteiger partial charge in [0, 0.05) is 105 Å². The fourth-order valence-corrected chi connectivity index (χ4v) is 21.3. The highest BCUT2D eigenvalue weighted by molar-refractivity contribution is 8.77. The van der Waals surface area contributed by atoms with E-state index in [2.05, 4.69) is 58.2 Å². The standard InChI is InChI=1S/C94H119ClF3N15O21S4/c1-50-20-19-26-72(131-11)93(129)45-71(132-90(128)111-93)51(2)79-92(7,134-79)73(44-75(117)113(9)69-41-57(38-50)42-70(130-10)76(69)95)133-88(126)52(3)112(8)74(116)35-37-135-138-91(5,6)78(80(100)118)110-86(124)68-49-137-136-48-67(106-83(121)65(39-54-21-13-12-14-22-54)108-89(127)102-46-56-27-31-59(32-28-56)94(96,97)98)85(123)104-64(40-55-29-33-60(115)34-30-55)82(120)105-66(43-58-47-101-62-24-16-15-23-61(58)62)84(122)103-63(25-17-18-36-99)81(119)109-77(53(4)114)87(125)107-68/h12-16,19-24,26-34,41-42,47,51-53,63-68,71-73,77-79,101,114-115,129H,17-18,25,35-40,43-46,48-49,99H2,1-11H3,(H2,100,118)(H,103,122)(H,104,123)(H,105,120)(H,106,121)(H,107,125)(H,109,119)(H,110,124)(H,111,128)(H2,102,108,127)/b26-19+,50-20+/t51-,52+,53-,63+,64+,65-,66-,67+,68+,71+,72-,73+,77+,78-,79+,92+,93+/m1/s1. The molecule has 0 saturated carbocycles. The van der Waals surface area contributed by atoms with Gasteiger partial charge in [-0.3, -0.25) is 53.3 Å². The number of amides is 13. The van der Waals surface area contributed by atoms with Crippen molar-refractivity contribution in [3.8, 4) is 11.5 Å². The fourth-order valence-electron chi connectivity index (χ4n) is 16.0. The summed E-state index contributed by atoms with van der Waals surface area (Å²) in [5.41, 5.74) is 11.8. The van der Waals surface area contributed by atoms with E-state index in [9.17, 15) is 66.8 Å². The summed E-state index contributed by atoms with van der Waals surface area (Å²) in [5.74, 6) is -11.9. The van der Waals surface area contributed by atoms with Crippen molar-refractivity contribution in [1.82, 2.24) is 63.1 Å². The number of unbranched alkanes of at least 4 members (excludes halogenated alkanes) is 1. The fraction of sp³-hybridized carbons (Fsp3) is 0.479. The molecule has 5 heterocycles. The number of hydrogen-bond acceptors (Lipinski definition) is 26. The largest absolute Gasteiger partial charge is 0.508 e. The molecule has 44 heteroatoms. The Morgan fingerprint density at radius 1 is 0.812 bits per heavy atom. The Kier molecular flexibility index (Phi) is 38.6. The number of urea groups is 1. The van der Waals surface area contributed by atoms with Crippen molar-refractivity contribution in [3.63, 3.8) is 0 Å². The third kappa shape index (κ3) is 29.4. The van der Waals surface area contributed by atoms with Crippen LogP contribution in [0.25, 0.3) is 10.9 Å². The number of carbonyl (C=O) groups is 13. The molecular weight excluding hydrogens is 1900 g/mol. The number of carbonyl (C=O) groups excluding carboxylic acids is 13. The summed E-state index contributed by atoms with van der Waals surface area (Å²) in [4.78, 5) is 196. The molecule has 3 saturated heterocycles. The molecule has 13 amide bonds. The van der Waals surface area contributed by atoms with E-state index in [-0.39, 0.29) is 91.6 Å². The Bertz CT molecular complexity index is 5420. The Labute approximate surface area is 817 Å². The summed E-state index contributed by atoms with van der Waals surface area (Å²) < 4.78 is 69.0. The second kappa shape index (κ2) is 49.0. The average molecular weight is 2020 g/mol. The zero-order chi connectivity index (χ0) is 101. The van der Waals surface area contributed by atoms with Crippen LogP contribution in [0.3, 0.4) is 0 Å². The van der Waals surface area contributed by atoms with E-state index in [0.717, 1.165) is 77.9 Å². The highest BCUT2D eigenvalue weighted by atomic mass is 35.5. The number of aromatic hydroxyl groups is 1. The third-order valence-corrected chi connectivity index (χ3v) is 30.4. The SMILES string of the molecule is COc1cc2cc(c1Cl)N(C)C(=O)C[C@H](OC(=O)[C@H](C)N(C)C(=O)CCSSC(C)(C)[C@H](NC(=O)[C@@H]1CSSC[C@H](NC(=O)[C@@H](Cc3ccccc3)NC(=O)NCc3ccc(C(F)(F)F)cc3)C(=O)N[C@@H](Cc3ccc(O)cc3)C(=O)N[C@H](Cc3c[nH]c4ccccc34)C(=O)N[C@@H](CCCCN)C(=O)N[C@@H]([C@@H](C)O)C(=O)N1)C(N)=O)[C@]1(C)O[C@H]1[C@H](C)[C@@H]1C[C@@](O)(NC(=O)O1)[C@H](OC)/C=C/C=C(\C)C2. The number of anilines is 1. The molecule has 10 rings (SSSR count). The molecule has 0 radical (unpaired) electrons. The lowest BCUT2D eigenvalue weighted by atomic mass is 9.83. The number of primary amides is 1. The number of allylic oxidation sites excluding steroid dienone is 3. The van der Waals surface area contributed by atoms with Gasteiger partial charge < -0.3 is 113 Å². The number of nitrogens with one attached hydrogen (secondary N) is 11. The van der Waals surface area contributed by atoms with Gasteiger partial charge >= 0.3 is 24.3 Å². The number of halogens is 4. The Balaban J connectivity index is 0.896. The van der Waals surface area contributed by atoms with Crippen LogP contribution in [0, 0.1) is 5.92 Å². The molecule has 36 nitrogen and oxygen atoms in total. The highest BCUT2D eigenvalue weighted by Crippen LogP contribution is 2.50. The molecular formula is C94H119ClF3N15O21S4. The van der Waals surface area contributed by atoms with Gasteiger partial charge in [-0.15, -0.1) is 0 Å². The van der Waals surface area contributed by atoms with Crippen LogP contribution >= 0.6 is 54.8 Å². The summed E-state index contributed by atoms with van der Waals surface area (Å²) in [6.45, 7) is 10.7. The van der Waals surface area contributed by atoms with Crippen LogP contribution in [0.2, 0.25) is 5.02 Å². The first-order valence-corrected chi connectivity index (χ1v) is 49.8. The molecule has 3 fully saturated rings. The van der Waals surface area contributed by atoms with Gasteiger partial charge in [-0.2, -0.15) is 13.2 Å². The molecule has 0 spiro atoms. The third-order valence-electron chi connectivity index (χ3n) is 24.3. The van der Waals surface area contributed by atoms with Gasteiger partial charge in [-0.1, -0.05) is 158 Å². The van der Waals surface area contributed by atoms with E-state index in [1.54, 1.807) is 119 Å². The zero-order valence-corrected chi connectivity index (χ0v) is 82.0. The minimum atomic E-state index is -4.65. The van der Waals surface area contributed by atoms with Crippen LogP contribution in [-0.2, 0) is 110 Å². The molecule has 0 aliphatic carbocycles. The number of aliphatic hydroxyl groups is 2. The van der Waals surface area contributed by atoms with Crippen LogP contribution in [-0.4, -0.2) is 255 Å². The number of esters is 1. The number of rotatable bonds is 30. The number of hydrogen-bond donors (Lipinski definition) is 16. The number of phenols is 1. The number of epoxide rings is 1. The number of H-pyrrole nitrogens is 1. The number of phenolic OH excluding ortho intramolecular Hbond substituents is 1. The van der Waals surface area contributed by atoms with Crippen molar-refractivity contribution in [3.05, 3.63) is 184 Å². The number of alkyl halides is 3. The second-order valence-corrected chi connectivity index (χ2v) is 41.1. The number of aliphatic hydroxyl groups excluding tert-OH is 1. The Hall–Kier alpha value is -11.3. The predicted octanol–water partition coefficient (Wildman–Crippen LogP) is 6.65. The Morgan fingerprint density at radius 2 is 1.46 bits per heavy atom. The average Bonchev–Trinajstić information content (AvgIpc) is 1.57. The van der Waals surface area contributed by atoms with Crippen molar-refractivity contribution in [2.45, 2.75) is 226 Å². The maximum Gasteiger partial charge on any atom is 0.416 e. The van der Waals surface area contributed by atoms with Crippen LogP contribution in [0.4, 0.5) is 28.4 Å². The summed E-state index contributed by atoms with van der Waals surface area (Å²) in [5, 5.41) is 61.1. The molecule has 748 valence electrons. The van der Waals surface area contributed by atoms with E-state index >= 15 is 24.0 Å². The van der Waals surface area contributed by atoms with Gasteiger partial charge in [0.15, 0.2) is 5.72 Å². The number of likely N-dealkylation sites (N-methyl/N-ethyl adjacent to an activating group) is 1. The van der Waals surface area contributed by atoms with E-state index in [1.165, 1.54) is 71.3 Å². The van der Waals surface area contributed by atoms with Gasteiger partial charge in [-0.25, -0.2) is 14.4 Å². The smallest absolute Gasteiger partial charge is 0.416 e.